The first-order chi connectivity index (χ1) is 8.22. The SMILES string of the molecule is CCC1CC(NC)CN(c2ccc(F)cc2)C1. The molecule has 0 saturated carbocycles. The number of nitrogens with one attached hydrogen (secondary N) is 1. The lowest BCUT2D eigenvalue weighted by Gasteiger charge is -2.39. The Morgan fingerprint density at radius 3 is 2.59 bits per heavy atom. The fourth-order valence-electron chi connectivity index (χ4n) is 2.57. The van der Waals surface area contributed by atoms with E-state index in [2.05, 4.69) is 17.1 Å². The molecule has 2 rings (SSSR count). The summed E-state index contributed by atoms with van der Waals surface area (Å²) in [6.07, 6.45) is 2.45. The lowest BCUT2D eigenvalue weighted by atomic mass is 9.92. The topological polar surface area (TPSA) is 15.3 Å². The first-order valence-corrected chi connectivity index (χ1v) is 6.40. The summed E-state index contributed by atoms with van der Waals surface area (Å²) in [5, 5.41) is 3.36. The maximum Gasteiger partial charge on any atom is 0.123 e. The molecular formula is C14H21FN2. The van der Waals surface area contributed by atoms with Crippen molar-refractivity contribution in [1.82, 2.24) is 5.32 Å². The number of nitrogens with zero attached hydrogens (tertiary/aromatic N) is 1. The number of rotatable bonds is 3. The molecule has 1 aromatic carbocycles. The van der Waals surface area contributed by atoms with Crippen LogP contribution < -0.4 is 10.2 Å². The zero-order valence-corrected chi connectivity index (χ0v) is 10.6. The zero-order chi connectivity index (χ0) is 12.3. The van der Waals surface area contributed by atoms with E-state index in [1.165, 1.54) is 12.8 Å². The number of likely N-dealkylation sites (N-methyl/N-ethyl adjacent to an activating group) is 1. The van der Waals surface area contributed by atoms with E-state index < -0.39 is 0 Å². The number of piperidine rings is 1. The first-order valence-electron chi connectivity index (χ1n) is 6.40. The smallest absolute Gasteiger partial charge is 0.123 e. The molecule has 0 spiro atoms. The fourth-order valence-corrected chi connectivity index (χ4v) is 2.57. The molecule has 0 amide bonds. The predicted molar refractivity (Wildman–Crippen MR) is 69.9 cm³/mol. The van der Waals surface area contributed by atoms with E-state index in [0.29, 0.717) is 6.04 Å². The molecular weight excluding hydrogens is 215 g/mol. The van der Waals surface area contributed by atoms with Crippen molar-refractivity contribution in [2.45, 2.75) is 25.8 Å². The Morgan fingerprint density at radius 2 is 2.00 bits per heavy atom. The number of halogens is 1. The monoisotopic (exact) mass is 236 g/mol. The molecule has 2 unspecified atom stereocenters. The van der Waals surface area contributed by atoms with Crippen LogP contribution in [0.3, 0.4) is 0 Å². The molecule has 0 radical (unpaired) electrons. The quantitative estimate of drug-likeness (QED) is 0.868. The number of hydrogen-bond acceptors (Lipinski definition) is 2. The Morgan fingerprint density at radius 1 is 1.29 bits per heavy atom. The van der Waals surface area contributed by atoms with Gasteiger partial charge < -0.3 is 10.2 Å². The lowest BCUT2D eigenvalue weighted by Crippen LogP contribution is -2.48. The third kappa shape index (κ3) is 2.97. The molecule has 17 heavy (non-hydrogen) atoms. The third-order valence-electron chi connectivity index (χ3n) is 3.71. The number of hydrogen-bond donors (Lipinski definition) is 1. The Bertz CT molecular complexity index is 338. The molecule has 0 bridgehead atoms. The van der Waals surface area contributed by atoms with Gasteiger partial charge >= 0.3 is 0 Å². The van der Waals surface area contributed by atoms with Crippen LogP contribution in [-0.4, -0.2) is 26.2 Å². The highest BCUT2D eigenvalue weighted by Gasteiger charge is 2.25. The van der Waals surface area contributed by atoms with Gasteiger partial charge in [-0.2, -0.15) is 0 Å². The van der Waals surface area contributed by atoms with Gasteiger partial charge in [-0.1, -0.05) is 13.3 Å². The molecule has 1 aliphatic rings. The fraction of sp³-hybridized carbons (Fsp3) is 0.571. The molecule has 1 saturated heterocycles. The second-order valence-corrected chi connectivity index (χ2v) is 4.88. The van der Waals surface area contributed by atoms with Crippen LogP contribution in [0.15, 0.2) is 24.3 Å². The first kappa shape index (κ1) is 12.4. The summed E-state index contributed by atoms with van der Waals surface area (Å²) in [4.78, 5) is 2.36. The molecule has 1 heterocycles. The van der Waals surface area contributed by atoms with Crippen molar-refractivity contribution >= 4 is 5.69 Å². The largest absolute Gasteiger partial charge is 0.370 e. The zero-order valence-electron chi connectivity index (χ0n) is 10.6. The van der Waals surface area contributed by atoms with Crippen molar-refractivity contribution in [1.29, 1.82) is 0 Å². The van der Waals surface area contributed by atoms with E-state index in [9.17, 15) is 4.39 Å². The van der Waals surface area contributed by atoms with Crippen LogP contribution in [0.25, 0.3) is 0 Å². The van der Waals surface area contributed by atoms with Gasteiger partial charge in [0.05, 0.1) is 0 Å². The van der Waals surface area contributed by atoms with Crippen molar-refractivity contribution in [3.05, 3.63) is 30.1 Å². The average molecular weight is 236 g/mol. The molecule has 2 nitrogen and oxygen atoms in total. The van der Waals surface area contributed by atoms with Crippen LogP contribution in [0.5, 0.6) is 0 Å². The van der Waals surface area contributed by atoms with E-state index in [0.717, 1.165) is 24.7 Å². The second kappa shape index (κ2) is 5.50. The van der Waals surface area contributed by atoms with Gasteiger partial charge in [0.2, 0.25) is 0 Å². The minimum Gasteiger partial charge on any atom is -0.370 e. The summed E-state index contributed by atoms with van der Waals surface area (Å²) >= 11 is 0. The highest BCUT2D eigenvalue weighted by Crippen LogP contribution is 2.25. The molecule has 0 aromatic heterocycles. The molecule has 1 aliphatic heterocycles. The summed E-state index contributed by atoms with van der Waals surface area (Å²) in [7, 11) is 2.02. The summed E-state index contributed by atoms with van der Waals surface area (Å²) < 4.78 is 12.9. The average Bonchev–Trinajstić information content (AvgIpc) is 2.39. The van der Waals surface area contributed by atoms with Crippen molar-refractivity contribution < 1.29 is 4.39 Å². The van der Waals surface area contributed by atoms with E-state index in [1.54, 1.807) is 12.1 Å². The Balaban J connectivity index is 2.11. The van der Waals surface area contributed by atoms with Gasteiger partial charge in [0.25, 0.3) is 0 Å². The maximum atomic E-state index is 12.9. The molecule has 1 fully saturated rings. The van der Waals surface area contributed by atoms with E-state index >= 15 is 0 Å². The lowest BCUT2D eigenvalue weighted by molar-refractivity contribution is 0.339. The van der Waals surface area contributed by atoms with E-state index in [4.69, 9.17) is 0 Å². The van der Waals surface area contributed by atoms with Gasteiger partial charge in [-0.3, -0.25) is 0 Å². The van der Waals surface area contributed by atoms with Crippen molar-refractivity contribution in [3.8, 4) is 0 Å². The van der Waals surface area contributed by atoms with Crippen molar-refractivity contribution in [3.63, 3.8) is 0 Å². The van der Waals surface area contributed by atoms with Crippen LogP contribution in [0.2, 0.25) is 0 Å². The van der Waals surface area contributed by atoms with Crippen molar-refractivity contribution in [2.24, 2.45) is 5.92 Å². The normalized spacial score (nSPS) is 25.0. The summed E-state index contributed by atoms with van der Waals surface area (Å²) in [5.74, 6) is 0.564. The van der Waals surface area contributed by atoms with Crippen LogP contribution in [0.1, 0.15) is 19.8 Å². The Labute approximate surface area is 103 Å². The van der Waals surface area contributed by atoms with Gasteiger partial charge in [-0.15, -0.1) is 0 Å². The molecule has 1 N–H and O–H groups in total. The Hall–Kier alpha value is -1.09. The van der Waals surface area contributed by atoms with Gasteiger partial charge in [0.1, 0.15) is 5.82 Å². The second-order valence-electron chi connectivity index (χ2n) is 4.88. The summed E-state index contributed by atoms with van der Waals surface area (Å²) in [6.45, 7) is 4.34. The van der Waals surface area contributed by atoms with Gasteiger partial charge in [-0.25, -0.2) is 4.39 Å². The van der Waals surface area contributed by atoms with Crippen LogP contribution in [0.4, 0.5) is 10.1 Å². The molecule has 1 aromatic rings. The highest BCUT2D eigenvalue weighted by atomic mass is 19.1. The molecule has 2 atom stereocenters. The third-order valence-corrected chi connectivity index (χ3v) is 3.71. The number of anilines is 1. The van der Waals surface area contributed by atoms with Crippen molar-refractivity contribution in [2.75, 3.05) is 25.0 Å². The summed E-state index contributed by atoms with van der Waals surface area (Å²) in [5.41, 5.74) is 1.13. The van der Waals surface area contributed by atoms with Gasteiger partial charge in [0.15, 0.2) is 0 Å². The molecule has 0 aliphatic carbocycles. The van der Waals surface area contributed by atoms with E-state index in [-0.39, 0.29) is 5.82 Å². The van der Waals surface area contributed by atoms with Gasteiger partial charge in [0, 0.05) is 24.8 Å². The minimum absolute atomic E-state index is 0.164. The van der Waals surface area contributed by atoms with Crippen LogP contribution >= 0.6 is 0 Å². The maximum absolute atomic E-state index is 12.9. The summed E-state index contributed by atoms with van der Waals surface area (Å²) in [6, 6.07) is 7.37. The predicted octanol–water partition coefficient (Wildman–Crippen LogP) is 2.65. The Kier molecular flexibility index (Phi) is 4.00. The molecule has 94 valence electrons. The minimum atomic E-state index is -0.164. The van der Waals surface area contributed by atoms with Crippen LogP contribution in [0, 0.1) is 11.7 Å². The molecule has 3 heteroatoms. The number of benzene rings is 1. The standard InChI is InChI=1S/C14H21FN2/c1-3-11-8-13(16-2)10-17(9-11)14-6-4-12(15)5-7-14/h4-7,11,13,16H,3,8-10H2,1-2H3. The van der Waals surface area contributed by atoms with Gasteiger partial charge in [-0.05, 0) is 43.7 Å². The highest BCUT2D eigenvalue weighted by molar-refractivity contribution is 5.47. The van der Waals surface area contributed by atoms with Crippen LogP contribution in [-0.2, 0) is 0 Å². The van der Waals surface area contributed by atoms with E-state index in [1.807, 2.05) is 19.2 Å².